The van der Waals surface area contributed by atoms with Gasteiger partial charge in [0.2, 0.25) is 0 Å². The van der Waals surface area contributed by atoms with Crippen LogP contribution in [0.2, 0.25) is 0 Å². The molecule has 0 fully saturated rings. The number of likely N-dealkylation sites (N-methyl/N-ethyl adjacent to an activating group) is 1. The Morgan fingerprint density at radius 3 is 2.58 bits per heavy atom. The van der Waals surface area contributed by atoms with Gasteiger partial charge < -0.3 is 14.7 Å². The molecule has 6 nitrogen and oxygen atoms in total. The Morgan fingerprint density at radius 2 is 2.00 bits per heavy atom. The van der Waals surface area contributed by atoms with Gasteiger partial charge in [-0.05, 0) is 19.9 Å². The van der Waals surface area contributed by atoms with E-state index in [1.807, 2.05) is 0 Å². The second-order valence-electron chi connectivity index (χ2n) is 4.35. The van der Waals surface area contributed by atoms with E-state index in [1.165, 1.54) is 17.0 Å². The highest BCUT2D eigenvalue weighted by atomic mass is 16.6. The minimum atomic E-state index is -0.630. The third kappa shape index (κ3) is 4.84. The van der Waals surface area contributed by atoms with Crippen LogP contribution >= 0.6 is 0 Å². The smallest absolute Gasteiger partial charge is 0.310 e. The minimum Gasteiger partial charge on any atom is -0.484 e. The Bertz CT molecular complexity index is 407. The van der Waals surface area contributed by atoms with Crippen LogP contribution in [0.25, 0.3) is 0 Å². The first-order valence-corrected chi connectivity index (χ1v) is 6.46. The third-order valence-corrected chi connectivity index (χ3v) is 3.02. The van der Waals surface area contributed by atoms with Gasteiger partial charge in [-0.15, -0.1) is 0 Å². The molecule has 1 atom stereocenters. The van der Waals surface area contributed by atoms with Gasteiger partial charge in [0.25, 0.3) is 0 Å². The van der Waals surface area contributed by atoms with Crippen molar-refractivity contribution in [2.24, 2.45) is 0 Å². The van der Waals surface area contributed by atoms with Crippen molar-refractivity contribution >= 4 is 5.69 Å². The topological polar surface area (TPSA) is 77.0 Å². The molecular weight excluding hydrogens is 248 g/mol. The average molecular weight is 269 g/mol. The molecular formula is C13H21N2O4+. The highest BCUT2D eigenvalue weighted by Gasteiger charge is 2.17. The molecule has 0 aliphatic heterocycles. The number of nitrogens with one attached hydrogen (secondary N) is 1. The molecule has 0 unspecified atom stereocenters. The number of benzene rings is 1. The van der Waals surface area contributed by atoms with Crippen molar-refractivity contribution in [2.45, 2.75) is 20.0 Å². The predicted octanol–water partition coefficient (Wildman–Crippen LogP) is 0.259. The van der Waals surface area contributed by atoms with Crippen LogP contribution in [-0.2, 0) is 0 Å². The zero-order valence-electron chi connectivity index (χ0n) is 11.3. The molecule has 1 aromatic rings. The summed E-state index contributed by atoms with van der Waals surface area (Å²) in [6, 6.07) is 6.18. The maximum Gasteiger partial charge on any atom is 0.310 e. The first kappa shape index (κ1) is 15.4. The summed E-state index contributed by atoms with van der Waals surface area (Å²) < 4.78 is 5.35. The number of hydrogen-bond donors (Lipinski definition) is 2. The third-order valence-electron chi connectivity index (χ3n) is 3.02. The summed E-state index contributed by atoms with van der Waals surface area (Å²) in [6.07, 6.45) is -0.630. The number of ether oxygens (including phenoxy) is 1. The lowest BCUT2D eigenvalue weighted by Crippen LogP contribution is -3.12. The molecule has 2 N–H and O–H groups in total. The molecule has 0 aliphatic carbocycles. The zero-order chi connectivity index (χ0) is 14.3. The number of nitrogens with zero attached hydrogens (tertiary/aromatic N) is 1. The second-order valence-corrected chi connectivity index (χ2v) is 4.35. The average Bonchev–Trinajstić information content (AvgIpc) is 2.42. The maximum absolute atomic E-state index is 10.8. The van der Waals surface area contributed by atoms with E-state index in [9.17, 15) is 15.2 Å². The van der Waals surface area contributed by atoms with E-state index in [4.69, 9.17) is 4.74 Å². The summed E-state index contributed by atoms with van der Waals surface area (Å²) in [5.41, 5.74) is -0.0788. The number of aliphatic hydroxyl groups is 1. The van der Waals surface area contributed by atoms with Crippen molar-refractivity contribution in [1.29, 1.82) is 0 Å². The first-order chi connectivity index (χ1) is 9.08. The van der Waals surface area contributed by atoms with Crippen molar-refractivity contribution in [2.75, 3.05) is 26.2 Å². The highest BCUT2D eigenvalue weighted by Crippen LogP contribution is 2.25. The zero-order valence-corrected chi connectivity index (χ0v) is 11.3. The van der Waals surface area contributed by atoms with E-state index in [2.05, 4.69) is 13.8 Å². The van der Waals surface area contributed by atoms with Crippen LogP contribution in [0.15, 0.2) is 24.3 Å². The largest absolute Gasteiger partial charge is 0.484 e. The molecule has 0 aromatic heterocycles. The molecule has 0 amide bonds. The van der Waals surface area contributed by atoms with Crippen LogP contribution in [-0.4, -0.2) is 42.4 Å². The molecule has 1 rings (SSSR count). The second kappa shape index (κ2) is 7.70. The Morgan fingerprint density at radius 1 is 1.37 bits per heavy atom. The van der Waals surface area contributed by atoms with Gasteiger partial charge in [0, 0.05) is 6.07 Å². The molecule has 0 radical (unpaired) electrons. The van der Waals surface area contributed by atoms with Crippen molar-refractivity contribution in [3.8, 4) is 5.75 Å². The van der Waals surface area contributed by atoms with Gasteiger partial charge in [-0.2, -0.15) is 0 Å². The summed E-state index contributed by atoms with van der Waals surface area (Å²) in [5, 5.41) is 20.7. The summed E-state index contributed by atoms with van der Waals surface area (Å²) in [7, 11) is 0. The SMILES string of the molecule is CC[NH+](CC)C[C@H](O)COc1ccccc1[N+](=O)[O-]. The van der Waals surface area contributed by atoms with Crippen LogP contribution in [0, 0.1) is 10.1 Å². The van der Waals surface area contributed by atoms with Crippen molar-refractivity contribution < 1.29 is 19.7 Å². The van der Waals surface area contributed by atoms with Crippen LogP contribution in [0.4, 0.5) is 5.69 Å². The fourth-order valence-electron chi connectivity index (χ4n) is 1.85. The molecule has 0 heterocycles. The minimum absolute atomic E-state index is 0.0638. The van der Waals surface area contributed by atoms with E-state index >= 15 is 0 Å². The van der Waals surface area contributed by atoms with Crippen LogP contribution in [0.3, 0.4) is 0 Å². The van der Waals surface area contributed by atoms with E-state index in [1.54, 1.807) is 12.1 Å². The van der Waals surface area contributed by atoms with Gasteiger partial charge in [0.15, 0.2) is 5.75 Å². The lowest BCUT2D eigenvalue weighted by Gasteiger charge is -2.19. The number of hydrogen-bond acceptors (Lipinski definition) is 4. The van der Waals surface area contributed by atoms with Gasteiger partial charge in [-0.25, -0.2) is 0 Å². The fourth-order valence-corrected chi connectivity index (χ4v) is 1.85. The molecule has 0 aliphatic rings. The van der Waals surface area contributed by atoms with Gasteiger partial charge in [-0.1, -0.05) is 12.1 Å². The van der Waals surface area contributed by atoms with Crippen molar-refractivity contribution in [3.63, 3.8) is 0 Å². The number of nitro groups is 1. The Labute approximate surface area is 112 Å². The monoisotopic (exact) mass is 269 g/mol. The van der Waals surface area contributed by atoms with Gasteiger partial charge in [0.05, 0.1) is 18.0 Å². The number of para-hydroxylation sites is 2. The van der Waals surface area contributed by atoms with Gasteiger partial charge in [0.1, 0.15) is 19.3 Å². The number of nitro benzene ring substituents is 1. The van der Waals surface area contributed by atoms with Crippen LogP contribution < -0.4 is 9.64 Å². The van der Waals surface area contributed by atoms with Crippen LogP contribution in [0.1, 0.15) is 13.8 Å². The predicted molar refractivity (Wildman–Crippen MR) is 71.5 cm³/mol. The lowest BCUT2D eigenvalue weighted by molar-refractivity contribution is -0.899. The van der Waals surface area contributed by atoms with Crippen molar-refractivity contribution in [3.05, 3.63) is 34.4 Å². The number of aliphatic hydroxyl groups excluding tert-OH is 1. The van der Waals surface area contributed by atoms with E-state index < -0.39 is 11.0 Å². The quantitative estimate of drug-likeness (QED) is 0.524. The molecule has 0 saturated heterocycles. The summed E-state index contributed by atoms with van der Waals surface area (Å²) >= 11 is 0. The molecule has 0 spiro atoms. The molecule has 1 aromatic carbocycles. The van der Waals surface area contributed by atoms with Crippen molar-refractivity contribution in [1.82, 2.24) is 0 Å². The molecule has 106 valence electrons. The first-order valence-electron chi connectivity index (χ1n) is 6.46. The Balaban J connectivity index is 2.55. The number of quaternary nitrogens is 1. The fraction of sp³-hybridized carbons (Fsp3) is 0.538. The Hall–Kier alpha value is -1.66. The molecule has 19 heavy (non-hydrogen) atoms. The Kier molecular flexibility index (Phi) is 6.24. The normalized spacial score (nSPS) is 12.4. The van der Waals surface area contributed by atoms with Crippen LogP contribution in [0.5, 0.6) is 5.75 Å². The molecule has 0 bridgehead atoms. The van der Waals surface area contributed by atoms with E-state index in [-0.39, 0.29) is 18.0 Å². The van der Waals surface area contributed by atoms with Gasteiger partial charge in [-0.3, -0.25) is 10.1 Å². The van der Waals surface area contributed by atoms with E-state index in [0.717, 1.165) is 13.1 Å². The van der Waals surface area contributed by atoms with Gasteiger partial charge >= 0.3 is 5.69 Å². The maximum atomic E-state index is 10.8. The number of rotatable bonds is 8. The highest BCUT2D eigenvalue weighted by molar-refractivity contribution is 5.45. The summed E-state index contributed by atoms with van der Waals surface area (Å²) in [4.78, 5) is 11.6. The van der Waals surface area contributed by atoms with E-state index in [0.29, 0.717) is 6.54 Å². The summed E-state index contributed by atoms with van der Waals surface area (Å²) in [5.74, 6) is 0.195. The molecule has 0 saturated carbocycles. The lowest BCUT2D eigenvalue weighted by atomic mass is 10.3. The standard InChI is InChI=1S/C13H20N2O4/c1-3-14(4-2)9-11(16)10-19-13-8-6-5-7-12(13)15(17)18/h5-8,11,16H,3-4,9-10H2,1-2H3/p+1/t11-/m0/s1. The molecule has 6 heteroatoms. The summed E-state index contributed by atoms with van der Waals surface area (Å²) in [6.45, 7) is 6.60.